The van der Waals surface area contributed by atoms with E-state index in [0.29, 0.717) is 23.1 Å². The van der Waals surface area contributed by atoms with E-state index in [1.165, 1.54) is 6.33 Å². The van der Waals surface area contributed by atoms with Gasteiger partial charge in [0.2, 0.25) is 11.8 Å². The first-order valence-corrected chi connectivity index (χ1v) is 6.79. The van der Waals surface area contributed by atoms with E-state index in [0.717, 1.165) is 18.4 Å². The van der Waals surface area contributed by atoms with E-state index in [2.05, 4.69) is 15.3 Å². The molecule has 0 atom stereocenters. The van der Waals surface area contributed by atoms with Crippen LogP contribution in [-0.2, 0) is 4.79 Å². The van der Waals surface area contributed by atoms with Gasteiger partial charge >= 0.3 is 0 Å². The topological polar surface area (TPSA) is 90.1 Å². The number of rotatable bonds is 4. The van der Waals surface area contributed by atoms with Crippen LogP contribution in [0.1, 0.15) is 18.4 Å². The highest BCUT2D eigenvalue weighted by molar-refractivity contribution is 5.93. The summed E-state index contributed by atoms with van der Waals surface area (Å²) in [5.74, 6) is 1.59. The number of nitrogens with zero attached hydrogens (tertiary/aromatic N) is 2. The third-order valence-corrected chi connectivity index (χ3v) is 3.31. The molecule has 21 heavy (non-hydrogen) atoms. The van der Waals surface area contributed by atoms with Gasteiger partial charge in [0.05, 0.1) is 0 Å². The molecule has 0 spiro atoms. The van der Waals surface area contributed by atoms with Crippen LogP contribution in [0.4, 0.5) is 11.5 Å². The third kappa shape index (κ3) is 3.28. The molecule has 0 radical (unpaired) electrons. The summed E-state index contributed by atoms with van der Waals surface area (Å²) in [5.41, 5.74) is 7.41. The molecule has 0 unspecified atom stereocenters. The van der Waals surface area contributed by atoms with E-state index in [4.69, 9.17) is 10.5 Å². The van der Waals surface area contributed by atoms with Crippen molar-refractivity contribution in [2.45, 2.75) is 19.8 Å². The Morgan fingerprint density at radius 1 is 1.33 bits per heavy atom. The molecule has 0 aliphatic heterocycles. The largest absolute Gasteiger partial charge is 0.439 e. The van der Waals surface area contributed by atoms with Crippen LogP contribution >= 0.6 is 0 Å². The summed E-state index contributed by atoms with van der Waals surface area (Å²) in [6, 6.07) is 6.99. The number of nitrogen functional groups attached to an aromatic ring is 1. The normalized spacial score (nSPS) is 13.8. The molecule has 0 saturated heterocycles. The maximum absolute atomic E-state index is 11.7. The predicted octanol–water partition coefficient (Wildman–Crippen LogP) is 2.51. The zero-order chi connectivity index (χ0) is 14.8. The number of aryl methyl sites for hydroxylation is 1. The van der Waals surface area contributed by atoms with Gasteiger partial charge in [-0.05, 0) is 43.5 Å². The first-order valence-electron chi connectivity index (χ1n) is 6.79. The van der Waals surface area contributed by atoms with Crippen LogP contribution in [0.3, 0.4) is 0 Å². The predicted molar refractivity (Wildman–Crippen MR) is 79.1 cm³/mol. The van der Waals surface area contributed by atoms with Crippen molar-refractivity contribution < 1.29 is 9.53 Å². The number of hydrogen-bond acceptors (Lipinski definition) is 5. The average molecular weight is 284 g/mol. The minimum Gasteiger partial charge on any atom is -0.439 e. The van der Waals surface area contributed by atoms with Crippen LogP contribution < -0.4 is 15.8 Å². The number of anilines is 2. The minimum absolute atomic E-state index is 0.00276. The maximum Gasteiger partial charge on any atom is 0.228 e. The van der Waals surface area contributed by atoms with Gasteiger partial charge in [-0.2, -0.15) is 0 Å². The zero-order valence-electron chi connectivity index (χ0n) is 11.7. The van der Waals surface area contributed by atoms with Gasteiger partial charge in [-0.3, -0.25) is 4.79 Å². The number of carbonyl (C=O) groups excluding carboxylic acids is 1. The van der Waals surface area contributed by atoms with E-state index < -0.39 is 0 Å². The van der Waals surface area contributed by atoms with Crippen molar-refractivity contribution in [2.24, 2.45) is 5.92 Å². The lowest BCUT2D eigenvalue weighted by molar-refractivity contribution is -0.117. The van der Waals surface area contributed by atoms with Crippen molar-refractivity contribution in [1.82, 2.24) is 9.97 Å². The fraction of sp³-hybridized carbons (Fsp3) is 0.267. The summed E-state index contributed by atoms with van der Waals surface area (Å²) in [6.45, 7) is 1.91. The van der Waals surface area contributed by atoms with Crippen molar-refractivity contribution in [2.75, 3.05) is 11.1 Å². The number of aromatic nitrogens is 2. The molecule has 3 rings (SSSR count). The molecule has 1 aliphatic rings. The summed E-state index contributed by atoms with van der Waals surface area (Å²) >= 11 is 0. The molecule has 108 valence electrons. The van der Waals surface area contributed by atoms with E-state index in [-0.39, 0.29) is 11.8 Å². The van der Waals surface area contributed by atoms with Gasteiger partial charge in [-0.15, -0.1) is 0 Å². The Bertz CT molecular complexity index is 683. The molecule has 0 bridgehead atoms. The lowest BCUT2D eigenvalue weighted by atomic mass is 10.2. The molecular weight excluding hydrogens is 268 g/mol. The van der Waals surface area contributed by atoms with Crippen LogP contribution in [0.25, 0.3) is 0 Å². The first kappa shape index (κ1) is 13.4. The smallest absolute Gasteiger partial charge is 0.228 e. The molecule has 1 aromatic heterocycles. The van der Waals surface area contributed by atoms with Gasteiger partial charge < -0.3 is 15.8 Å². The minimum atomic E-state index is 0.00276. The number of benzene rings is 1. The summed E-state index contributed by atoms with van der Waals surface area (Å²) in [6.07, 6.45) is 3.26. The van der Waals surface area contributed by atoms with Crippen LogP contribution in [0, 0.1) is 12.8 Å². The summed E-state index contributed by atoms with van der Waals surface area (Å²) in [5, 5.41) is 2.76. The number of ether oxygens (including phenoxy) is 1. The molecule has 2 aromatic rings. The van der Waals surface area contributed by atoms with E-state index >= 15 is 0 Å². The second-order valence-corrected chi connectivity index (χ2v) is 5.13. The first-order chi connectivity index (χ1) is 10.1. The molecule has 1 amide bonds. The number of nitrogens with two attached hydrogens (primary N) is 1. The summed E-state index contributed by atoms with van der Waals surface area (Å²) < 4.78 is 5.65. The lowest BCUT2D eigenvalue weighted by Gasteiger charge is -2.08. The highest BCUT2D eigenvalue weighted by atomic mass is 16.5. The second kappa shape index (κ2) is 5.40. The fourth-order valence-corrected chi connectivity index (χ4v) is 1.87. The SMILES string of the molecule is Cc1cc(Oc2cc(NC(=O)C3CC3)ncn2)ccc1N. The van der Waals surface area contributed by atoms with Gasteiger partial charge in [0.25, 0.3) is 0 Å². The molecular formula is C15H16N4O2. The van der Waals surface area contributed by atoms with Gasteiger partial charge in [0, 0.05) is 17.7 Å². The molecule has 1 aliphatic carbocycles. The second-order valence-electron chi connectivity index (χ2n) is 5.13. The Kier molecular flexibility index (Phi) is 3.43. The van der Waals surface area contributed by atoms with Crippen molar-refractivity contribution in [3.8, 4) is 11.6 Å². The van der Waals surface area contributed by atoms with Gasteiger partial charge in [-0.25, -0.2) is 9.97 Å². The average Bonchev–Trinajstić information content (AvgIpc) is 3.28. The Labute approximate surface area is 122 Å². The number of amides is 1. The van der Waals surface area contributed by atoms with Crippen molar-refractivity contribution >= 4 is 17.4 Å². The van der Waals surface area contributed by atoms with Crippen LogP contribution in [-0.4, -0.2) is 15.9 Å². The van der Waals surface area contributed by atoms with Crippen molar-refractivity contribution in [3.63, 3.8) is 0 Å². The molecule has 3 N–H and O–H groups in total. The van der Waals surface area contributed by atoms with Crippen molar-refractivity contribution in [1.29, 1.82) is 0 Å². The Balaban J connectivity index is 1.72. The van der Waals surface area contributed by atoms with Crippen LogP contribution in [0.15, 0.2) is 30.6 Å². The molecule has 1 fully saturated rings. The standard InChI is InChI=1S/C15H16N4O2/c1-9-6-11(4-5-12(9)16)21-14-7-13(17-8-18-14)19-15(20)10-2-3-10/h4-8,10H,2-3,16H2,1H3,(H,17,18,19,20). The van der Waals surface area contributed by atoms with Gasteiger partial charge in [0.15, 0.2) is 0 Å². The highest BCUT2D eigenvalue weighted by Crippen LogP contribution is 2.30. The number of hydrogen-bond donors (Lipinski definition) is 2. The zero-order valence-corrected chi connectivity index (χ0v) is 11.7. The molecule has 6 nitrogen and oxygen atoms in total. The molecule has 1 aromatic carbocycles. The Morgan fingerprint density at radius 3 is 2.86 bits per heavy atom. The monoisotopic (exact) mass is 284 g/mol. The lowest BCUT2D eigenvalue weighted by Crippen LogP contribution is -2.14. The molecule has 6 heteroatoms. The van der Waals surface area contributed by atoms with Crippen LogP contribution in [0.5, 0.6) is 11.6 Å². The third-order valence-electron chi connectivity index (χ3n) is 3.31. The number of carbonyl (C=O) groups is 1. The van der Waals surface area contributed by atoms with E-state index in [1.54, 1.807) is 18.2 Å². The summed E-state index contributed by atoms with van der Waals surface area (Å²) in [7, 11) is 0. The number of nitrogens with one attached hydrogen (secondary N) is 1. The van der Waals surface area contributed by atoms with Crippen molar-refractivity contribution in [3.05, 3.63) is 36.2 Å². The van der Waals surface area contributed by atoms with E-state index in [9.17, 15) is 4.79 Å². The van der Waals surface area contributed by atoms with Gasteiger partial charge in [0.1, 0.15) is 17.9 Å². The van der Waals surface area contributed by atoms with E-state index in [1.807, 2.05) is 13.0 Å². The Morgan fingerprint density at radius 2 is 2.14 bits per heavy atom. The molecule has 1 heterocycles. The van der Waals surface area contributed by atoms with Gasteiger partial charge in [-0.1, -0.05) is 0 Å². The summed E-state index contributed by atoms with van der Waals surface area (Å²) in [4.78, 5) is 19.8. The molecule has 1 saturated carbocycles. The highest BCUT2D eigenvalue weighted by Gasteiger charge is 2.29. The quantitative estimate of drug-likeness (QED) is 0.842. The fourth-order valence-electron chi connectivity index (χ4n) is 1.87. The maximum atomic E-state index is 11.7. The van der Waals surface area contributed by atoms with Crippen LogP contribution in [0.2, 0.25) is 0 Å². The Hall–Kier alpha value is -2.63.